The van der Waals surface area contributed by atoms with Crippen molar-refractivity contribution < 1.29 is 0 Å². The summed E-state index contributed by atoms with van der Waals surface area (Å²) < 4.78 is 2.64. The van der Waals surface area contributed by atoms with E-state index in [-0.39, 0.29) is 5.41 Å². The lowest BCUT2D eigenvalue weighted by Gasteiger charge is -2.27. The van der Waals surface area contributed by atoms with Crippen LogP contribution in [0.2, 0.25) is 0 Å². The van der Waals surface area contributed by atoms with E-state index in [1.807, 2.05) is 11.3 Å². The van der Waals surface area contributed by atoms with E-state index in [2.05, 4.69) is 231 Å². The third kappa shape index (κ3) is 5.67. The van der Waals surface area contributed by atoms with Crippen molar-refractivity contribution in [1.82, 2.24) is 0 Å². The van der Waals surface area contributed by atoms with Crippen LogP contribution >= 0.6 is 11.3 Å². The molecule has 61 heavy (non-hydrogen) atoms. The second kappa shape index (κ2) is 13.9. The van der Waals surface area contributed by atoms with Gasteiger partial charge in [-0.05, 0) is 126 Å². The lowest BCUT2D eigenvalue weighted by Crippen LogP contribution is -2.14. The van der Waals surface area contributed by atoms with Gasteiger partial charge in [-0.2, -0.15) is 0 Å². The molecule has 0 fully saturated rings. The van der Waals surface area contributed by atoms with E-state index in [1.165, 1.54) is 97.4 Å². The van der Waals surface area contributed by atoms with E-state index in [0.717, 1.165) is 17.1 Å². The quantitative estimate of drug-likeness (QED) is 0.162. The largest absolute Gasteiger partial charge is 0.310 e. The highest BCUT2D eigenvalue weighted by Crippen LogP contribution is 2.52. The molecule has 12 rings (SSSR count). The van der Waals surface area contributed by atoms with Gasteiger partial charge in [0.15, 0.2) is 0 Å². The highest BCUT2D eigenvalue weighted by molar-refractivity contribution is 7.26. The first-order chi connectivity index (χ1) is 30.0. The minimum absolute atomic E-state index is 0.0464. The molecule has 2 heteroatoms. The molecule has 0 amide bonds. The average Bonchev–Trinajstić information content (AvgIpc) is 3.82. The molecule has 1 aliphatic rings. The molecule has 0 saturated heterocycles. The maximum absolute atomic E-state index is 2.42. The Hall–Kier alpha value is -7.26. The number of hydrogen-bond donors (Lipinski definition) is 0. The molecule has 0 atom stereocenters. The van der Waals surface area contributed by atoms with Crippen LogP contribution in [0, 0.1) is 0 Å². The molecule has 0 unspecified atom stereocenters. The van der Waals surface area contributed by atoms with E-state index < -0.39 is 0 Å². The number of nitrogens with zero attached hydrogens (tertiary/aromatic N) is 1. The van der Waals surface area contributed by atoms with Crippen LogP contribution in [-0.4, -0.2) is 0 Å². The molecule has 0 radical (unpaired) electrons. The molecular formula is C59H41NS. The summed E-state index contributed by atoms with van der Waals surface area (Å²) in [5.74, 6) is 0. The summed E-state index contributed by atoms with van der Waals surface area (Å²) in [6.07, 6.45) is 0. The SMILES string of the molecule is CC1(C)c2ccccc2-c2c(-c3ccc(N(c4ccc(-c5cccc6cccc(-c7ccccc7)c56)cc4)c4ccc5ccc6sc7ccccc7c6c5c4)cc3)cccc21. The Bertz CT molecular complexity index is 3480. The van der Waals surface area contributed by atoms with E-state index in [4.69, 9.17) is 0 Å². The Morgan fingerprint density at radius 3 is 1.67 bits per heavy atom. The highest BCUT2D eigenvalue weighted by Gasteiger charge is 2.36. The number of fused-ring (bicyclic) bond motifs is 9. The van der Waals surface area contributed by atoms with E-state index in [0.29, 0.717) is 0 Å². The summed E-state index contributed by atoms with van der Waals surface area (Å²) in [6, 6.07) is 78.6. The average molecular weight is 796 g/mol. The zero-order valence-corrected chi connectivity index (χ0v) is 34.9. The second-order valence-electron chi connectivity index (χ2n) is 16.8. The van der Waals surface area contributed by atoms with Crippen molar-refractivity contribution in [3.63, 3.8) is 0 Å². The van der Waals surface area contributed by atoms with Crippen LogP contribution in [0.25, 0.3) is 86.2 Å². The van der Waals surface area contributed by atoms with Crippen molar-refractivity contribution >= 4 is 70.1 Å². The summed E-state index contributed by atoms with van der Waals surface area (Å²) in [7, 11) is 0. The highest BCUT2D eigenvalue weighted by atomic mass is 32.1. The first kappa shape index (κ1) is 35.7. The van der Waals surface area contributed by atoms with E-state index in [9.17, 15) is 0 Å². The van der Waals surface area contributed by atoms with Crippen molar-refractivity contribution in [1.29, 1.82) is 0 Å². The van der Waals surface area contributed by atoms with Gasteiger partial charge in [0.2, 0.25) is 0 Å². The van der Waals surface area contributed by atoms with Gasteiger partial charge in [0.05, 0.1) is 0 Å². The van der Waals surface area contributed by atoms with Crippen LogP contribution < -0.4 is 4.90 Å². The molecule has 0 N–H and O–H groups in total. The molecule has 0 saturated carbocycles. The summed E-state index contributed by atoms with van der Waals surface area (Å²) in [6.45, 7) is 4.71. The zero-order valence-electron chi connectivity index (χ0n) is 34.1. The van der Waals surface area contributed by atoms with E-state index in [1.54, 1.807) is 0 Å². The number of anilines is 3. The monoisotopic (exact) mass is 795 g/mol. The molecule has 0 aliphatic heterocycles. The summed E-state index contributed by atoms with van der Waals surface area (Å²) in [5, 5.41) is 7.68. The van der Waals surface area contributed by atoms with Gasteiger partial charge in [0.25, 0.3) is 0 Å². The van der Waals surface area contributed by atoms with Gasteiger partial charge in [-0.15, -0.1) is 11.3 Å². The predicted octanol–water partition coefficient (Wildman–Crippen LogP) is 17.1. The van der Waals surface area contributed by atoms with Gasteiger partial charge in [-0.25, -0.2) is 0 Å². The third-order valence-electron chi connectivity index (χ3n) is 13.1. The Morgan fingerprint density at radius 2 is 0.918 bits per heavy atom. The lowest BCUT2D eigenvalue weighted by molar-refractivity contribution is 0.660. The van der Waals surface area contributed by atoms with Crippen LogP contribution in [-0.2, 0) is 5.41 Å². The van der Waals surface area contributed by atoms with Crippen molar-refractivity contribution in [3.8, 4) is 44.5 Å². The number of rotatable bonds is 6. The van der Waals surface area contributed by atoms with Gasteiger partial charge in [-0.3, -0.25) is 0 Å². The Morgan fingerprint density at radius 1 is 0.361 bits per heavy atom. The molecule has 288 valence electrons. The van der Waals surface area contributed by atoms with Gasteiger partial charge in [0, 0.05) is 42.6 Å². The van der Waals surface area contributed by atoms with Gasteiger partial charge < -0.3 is 4.90 Å². The minimum Gasteiger partial charge on any atom is -0.310 e. The van der Waals surface area contributed by atoms with Gasteiger partial charge in [0.1, 0.15) is 0 Å². The van der Waals surface area contributed by atoms with E-state index >= 15 is 0 Å². The maximum atomic E-state index is 2.42. The molecule has 1 aromatic heterocycles. The fourth-order valence-electron chi connectivity index (χ4n) is 10.1. The molecular weight excluding hydrogens is 755 g/mol. The van der Waals surface area contributed by atoms with Crippen LogP contribution in [0.4, 0.5) is 17.1 Å². The molecule has 1 nitrogen and oxygen atoms in total. The van der Waals surface area contributed by atoms with Crippen molar-refractivity contribution in [3.05, 3.63) is 223 Å². The first-order valence-electron chi connectivity index (χ1n) is 21.2. The topological polar surface area (TPSA) is 3.24 Å². The van der Waals surface area contributed by atoms with Crippen molar-refractivity contribution in [2.24, 2.45) is 0 Å². The molecule has 11 aromatic rings. The molecule has 0 bridgehead atoms. The second-order valence-corrected chi connectivity index (χ2v) is 17.9. The van der Waals surface area contributed by atoms with Gasteiger partial charge in [-0.1, -0.05) is 178 Å². The van der Waals surface area contributed by atoms with Crippen molar-refractivity contribution in [2.75, 3.05) is 4.90 Å². The lowest BCUT2D eigenvalue weighted by atomic mass is 9.82. The van der Waals surface area contributed by atoms with Crippen molar-refractivity contribution in [2.45, 2.75) is 19.3 Å². The fourth-order valence-corrected chi connectivity index (χ4v) is 11.3. The Kier molecular flexibility index (Phi) is 8.13. The molecule has 0 spiro atoms. The summed E-state index contributed by atoms with van der Waals surface area (Å²) >= 11 is 1.87. The smallest absolute Gasteiger partial charge is 0.0468 e. The van der Waals surface area contributed by atoms with Crippen LogP contribution in [0.5, 0.6) is 0 Å². The van der Waals surface area contributed by atoms with Crippen LogP contribution in [0.15, 0.2) is 212 Å². The number of benzene rings is 10. The molecule has 10 aromatic carbocycles. The number of thiophene rings is 1. The molecule has 1 heterocycles. The minimum atomic E-state index is -0.0464. The maximum Gasteiger partial charge on any atom is 0.0468 e. The summed E-state index contributed by atoms with van der Waals surface area (Å²) in [5.41, 5.74) is 16.2. The Labute approximate surface area is 360 Å². The standard InChI is InChI=1S/C59H41NS/c1-59(2)52-22-8-6-17-49(52)57-48(21-12-23-53(57)59)40-27-33-44(34-28-40)60(45-35-29-41-30-36-55-58(51(41)37-45)50-18-7-9-24-54(50)61-55)43-31-25-39(26-32-43)47-20-11-16-42-15-10-19-46(56(42)47)38-13-4-3-5-14-38/h3-37H,1-2H3. The Balaban J connectivity index is 1.01. The number of hydrogen-bond acceptors (Lipinski definition) is 2. The normalized spacial score (nSPS) is 12.9. The van der Waals surface area contributed by atoms with Gasteiger partial charge >= 0.3 is 0 Å². The third-order valence-corrected chi connectivity index (χ3v) is 14.2. The van der Waals surface area contributed by atoms with Crippen LogP contribution in [0.1, 0.15) is 25.0 Å². The zero-order chi connectivity index (χ0) is 40.7. The first-order valence-corrected chi connectivity index (χ1v) is 22.0. The fraction of sp³-hybridized carbons (Fsp3) is 0.0508. The van der Waals surface area contributed by atoms with Crippen LogP contribution in [0.3, 0.4) is 0 Å². The predicted molar refractivity (Wildman–Crippen MR) is 263 cm³/mol. The summed E-state index contributed by atoms with van der Waals surface area (Å²) in [4.78, 5) is 2.42. The molecule has 1 aliphatic carbocycles.